The molecule has 0 bridgehead atoms. The van der Waals surface area contributed by atoms with Crippen molar-refractivity contribution < 1.29 is 9.18 Å². The molecule has 2 aromatic carbocycles. The van der Waals surface area contributed by atoms with Gasteiger partial charge in [-0.25, -0.2) is 4.39 Å². The van der Waals surface area contributed by atoms with E-state index in [4.69, 9.17) is 11.6 Å². The van der Waals surface area contributed by atoms with Crippen molar-refractivity contribution in [2.45, 2.75) is 13.3 Å². The topological polar surface area (TPSA) is 46.9 Å². The summed E-state index contributed by atoms with van der Waals surface area (Å²) in [5, 5.41) is 3.53. The molecule has 31 heavy (non-hydrogen) atoms. The van der Waals surface area contributed by atoms with Crippen LogP contribution in [0.5, 0.6) is 0 Å². The first kappa shape index (κ1) is 20.8. The largest absolute Gasteiger partial charge is 0.352 e. The Hall–Kier alpha value is -3.44. The van der Waals surface area contributed by atoms with Gasteiger partial charge in [0.2, 0.25) is 0 Å². The van der Waals surface area contributed by atoms with Crippen molar-refractivity contribution in [1.82, 2.24) is 14.9 Å². The fourth-order valence-electron chi connectivity index (χ4n) is 3.56. The third kappa shape index (κ3) is 4.52. The molecule has 0 spiro atoms. The molecule has 0 fully saturated rings. The molecule has 4 aromatic rings. The van der Waals surface area contributed by atoms with Crippen LogP contribution in [0.1, 0.15) is 21.7 Å². The van der Waals surface area contributed by atoms with Crippen molar-refractivity contribution >= 4 is 17.5 Å². The van der Waals surface area contributed by atoms with E-state index in [9.17, 15) is 9.18 Å². The third-order valence-corrected chi connectivity index (χ3v) is 5.44. The number of pyridine rings is 1. The van der Waals surface area contributed by atoms with E-state index in [2.05, 4.69) is 10.3 Å². The molecule has 1 amide bonds. The summed E-state index contributed by atoms with van der Waals surface area (Å²) in [6.45, 7) is 2.35. The Morgan fingerprint density at radius 1 is 1.06 bits per heavy atom. The summed E-state index contributed by atoms with van der Waals surface area (Å²) in [7, 11) is 0. The predicted octanol–water partition coefficient (Wildman–Crippen LogP) is 5.61. The van der Waals surface area contributed by atoms with Gasteiger partial charge >= 0.3 is 0 Å². The lowest BCUT2D eigenvalue weighted by Crippen LogP contribution is -2.26. The van der Waals surface area contributed by atoms with Gasteiger partial charge in [0.05, 0.1) is 22.0 Å². The number of hydrogen-bond donors (Lipinski definition) is 1. The minimum Gasteiger partial charge on any atom is -0.352 e. The molecule has 0 aliphatic heterocycles. The molecule has 0 unspecified atom stereocenters. The highest BCUT2D eigenvalue weighted by molar-refractivity contribution is 6.32. The maximum atomic E-state index is 13.5. The Morgan fingerprint density at radius 3 is 2.52 bits per heavy atom. The van der Waals surface area contributed by atoms with E-state index >= 15 is 0 Å². The van der Waals surface area contributed by atoms with E-state index in [1.54, 1.807) is 24.4 Å². The SMILES string of the molecule is Cc1c(C(=O)NCCc2ccccn2)cc(-c2ccc(F)cc2)n1-c1ccccc1Cl. The second-order valence-electron chi connectivity index (χ2n) is 7.15. The van der Waals surface area contributed by atoms with Crippen LogP contribution in [0.15, 0.2) is 79.0 Å². The quantitative estimate of drug-likeness (QED) is 0.429. The summed E-state index contributed by atoms with van der Waals surface area (Å²) < 4.78 is 15.4. The zero-order valence-electron chi connectivity index (χ0n) is 17.0. The van der Waals surface area contributed by atoms with Crippen molar-refractivity contribution in [3.63, 3.8) is 0 Å². The summed E-state index contributed by atoms with van der Waals surface area (Å²) in [4.78, 5) is 17.3. The first-order valence-corrected chi connectivity index (χ1v) is 10.3. The normalized spacial score (nSPS) is 10.8. The third-order valence-electron chi connectivity index (χ3n) is 5.12. The van der Waals surface area contributed by atoms with Gasteiger partial charge in [-0.15, -0.1) is 0 Å². The molecule has 0 saturated carbocycles. The Balaban J connectivity index is 1.68. The van der Waals surface area contributed by atoms with Gasteiger partial charge in [-0.3, -0.25) is 9.78 Å². The average molecular weight is 434 g/mol. The molecule has 0 aliphatic rings. The number of para-hydroxylation sites is 1. The number of amides is 1. The van der Waals surface area contributed by atoms with Gasteiger partial charge in [0.1, 0.15) is 5.82 Å². The van der Waals surface area contributed by atoms with Crippen LogP contribution in [0.2, 0.25) is 5.02 Å². The monoisotopic (exact) mass is 433 g/mol. The molecule has 0 saturated heterocycles. The molecule has 0 aliphatic carbocycles. The Morgan fingerprint density at radius 2 is 1.81 bits per heavy atom. The van der Waals surface area contributed by atoms with Crippen molar-refractivity contribution in [3.05, 3.63) is 107 Å². The van der Waals surface area contributed by atoms with E-state index in [0.717, 1.165) is 28.3 Å². The lowest BCUT2D eigenvalue weighted by atomic mass is 10.1. The minimum absolute atomic E-state index is 0.178. The van der Waals surface area contributed by atoms with Crippen LogP contribution in [0.4, 0.5) is 4.39 Å². The fourth-order valence-corrected chi connectivity index (χ4v) is 3.78. The van der Waals surface area contributed by atoms with Crippen LogP contribution in [-0.2, 0) is 6.42 Å². The van der Waals surface area contributed by atoms with Crippen LogP contribution in [-0.4, -0.2) is 22.0 Å². The van der Waals surface area contributed by atoms with Crippen LogP contribution in [0.25, 0.3) is 16.9 Å². The highest BCUT2D eigenvalue weighted by Gasteiger charge is 2.20. The molecule has 6 heteroatoms. The van der Waals surface area contributed by atoms with E-state index in [0.29, 0.717) is 23.6 Å². The number of nitrogens with zero attached hydrogens (tertiary/aromatic N) is 2. The molecular formula is C25H21ClFN3O. The van der Waals surface area contributed by atoms with Gasteiger partial charge in [0.15, 0.2) is 0 Å². The maximum Gasteiger partial charge on any atom is 0.253 e. The zero-order chi connectivity index (χ0) is 21.8. The summed E-state index contributed by atoms with van der Waals surface area (Å²) in [6, 6.07) is 21.2. The Labute approximate surface area is 185 Å². The lowest BCUT2D eigenvalue weighted by molar-refractivity contribution is 0.0953. The number of aromatic nitrogens is 2. The lowest BCUT2D eigenvalue weighted by Gasteiger charge is -2.14. The minimum atomic E-state index is -0.316. The number of rotatable bonds is 6. The smallest absolute Gasteiger partial charge is 0.253 e. The van der Waals surface area contributed by atoms with E-state index in [1.165, 1.54) is 12.1 Å². The van der Waals surface area contributed by atoms with Crippen LogP contribution in [0.3, 0.4) is 0 Å². The highest BCUT2D eigenvalue weighted by atomic mass is 35.5. The van der Waals surface area contributed by atoms with Gasteiger partial charge in [0.25, 0.3) is 5.91 Å². The van der Waals surface area contributed by atoms with E-state index < -0.39 is 0 Å². The zero-order valence-corrected chi connectivity index (χ0v) is 17.7. The van der Waals surface area contributed by atoms with Crippen molar-refractivity contribution in [1.29, 1.82) is 0 Å². The molecule has 4 rings (SSSR count). The van der Waals surface area contributed by atoms with Crippen LogP contribution < -0.4 is 5.32 Å². The molecular weight excluding hydrogens is 413 g/mol. The van der Waals surface area contributed by atoms with Gasteiger partial charge in [-0.2, -0.15) is 0 Å². The van der Waals surface area contributed by atoms with Gasteiger partial charge in [-0.05, 0) is 67.1 Å². The summed E-state index contributed by atoms with van der Waals surface area (Å²) in [5.74, 6) is -0.494. The second-order valence-corrected chi connectivity index (χ2v) is 7.56. The average Bonchev–Trinajstić information content (AvgIpc) is 3.12. The van der Waals surface area contributed by atoms with E-state index in [-0.39, 0.29) is 11.7 Å². The molecule has 0 radical (unpaired) electrons. The molecule has 0 atom stereocenters. The number of halogens is 2. The number of hydrogen-bond acceptors (Lipinski definition) is 2. The van der Waals surface area contributed by atoms with Crippen molar-refractivity contribution in [2.24, 2.45) is 0 Å². The van der Waals surface area contributed by atoms with Crippen molar-refractivity contribution in [3.8, 4) is 16.9 Å². The first-order valence-electron chi connectivity index (χ1n) is 9.96. The molecule has 1 N–H and O–H groups in total. The number of benzene rings is 2. The number of carbonyl (C=O) groups excluding carboxylic acids is 1. The van der Waals surface area contributed by atoms with Gasteiger partial charge < -0.3 is 9.88 Å². The molecule has 2 heterocycles. The van der Waals surface area contributed by atoms with Crippen LogP contribution in [0, 0.1) is 12.7 Å². The molecule has 4 nitrogen and oxygen atoms in total. The standard InChI is InChI=1S/C25H21ClFN3O/c1-17-21(25(31)29-15-13-20-6-4-5-14-28-20)16-24(18-9-11-19(27)12-10-18)30(17)23-8-3-2-7-22(23)26/h2-12,14,16H,13,15H2,1H3,(H,29,31). The van der Waals surface area contributed by atoms with Crippen LogP contribution >= 0.6 is 11.6 Å². The summed E-state index contributed by atoms with van der Waals surface area (Å²) in [6.07, 6.45) is 2.38. The second kappa shape index (κ2) is 9.14. The summed E-state index contributed by atoms with van der Waals surface area (Å²) in [5.41, 5.74) is 4.52. The number of carbonyl (C=O) groups is 1. The highest BCUT2D eigenvalue weighted by Crippen LogP contribution is 2.32. The fraction of sp³-hybridized carbons (Fsp3) is 0.120. The molecule has 2 aromatic heterocycles. The summed E-state index contributed by atoms with van der Waals surface area (Å²) >= 11 is 6.47. The Kier molecular flexibility index (Phi) is 6.14. The van der Waals surface area contributed by atoms with Crippen molar-refractivity contribution in [2.75, 3.05) is 6.54 Å². The predicted molar refractivity (Wildman–Crippen MR) is 121 cm³/mol. The van der Waals surface area contributed by atoms with Gasteiger partial charge in [-0.1, -0.05) is 29.8 Å². The Bertz CT molecular complexity index is 1200. The van der Waals surface area contributed by atoms with Gasteiger partial charge in [0, 0.05) is 30.6 Å². The first-order chi connectivity index (χ1) is 15.0. The maximum absolute atomic E-state index is 13.5. The number of nitrogens with one attached hydrogen (secondary N) is 1. The molecule has 156 valence electrons. The van der Waals surface area contributed by atoms with E-state index in [1.807, 2.05) is 54.0 Å².